The fraction of sp³-hybridized carbons (Fsp3) is 0.533. The normalized spacial score (nSPS) is 18.1. The number of carbonyl (C=O) groups is 3. The van der Waals surface area contributed by atoms with Crippen molar-refractivity contribution in [1.82, 2.24) is 0 Å². The van der Waals surface area contributed by atoms with Crippen LogP contribution in [-0.4, -0.2) is 36.2 Å². The van der Waals surface area contributed by atoms with E-state index in [0.717, 1.165) is 12.8 Å². The van der Waals surface area contributed by atoms with E-state index in [1.165, 1.54) is 6.92 Å². The summed E-state index contributed by atoms with van der Waals surface area (Å²) < 4.78 is 9.76. The summed E-state index contributed by atoms with van der Waals surface area (Å²) in [5, 5.41) is 9.19. The van der Waals surface area contributed by atoms with Gasteiger partial charge in [0, 0.05) is 11.1 Å². The summed E-state index contributed by atoms with van der Waals surface area (Å²) in [6.07, 6.45) is 1.90. The Labute approximate surface area is 123 Å². The fourth-order valence-corrected chi connectivity index (χ4v) is 2.19. The Morgan fingerprint density at radius 3 is 2.48 bits per heavy atom. The van der Waals surface area contributed by atoms with Gasteiger partial charge in [0.15, 0.2) is 0 Å². The van der Waals surface area contributed by atoms with Crippen LogP contribution in [0.25, 0.3) is 0 Å². The molecule has 1 atom stereocenters. The lowest BCUT2D eigenvalue weighted by molar-refractivity contribution is -0.147. The van der Waals surface area contributed by atoms with Gasteiger partial charge in [0.2, 0.25) is 0 Å². The molecule has 0 aromatic carbocycles. The summed E-state index contributed by atoms with van der Waals surface area (Å²) in [5.41, 5.74) is 0.607. The van der Waals surface area contributed by atoms with Gasteiger partial charge in [-0.15, -0.1) is 0 Å². The van der Waals surface area contributed by atoms with E-state index in [1.54, 1.807) is 6.92 Å². The Kier molecular flexibility index (Phi) is 6.14. The summed E-state index contributed by atoms with van der Waals surface area (Å²) in [4.78, 5) is 34.3. The maximum absolute atomic E-state index is 11.9. The van der Waals surface area contributed by atoms with Crippen molar-refractivity contribution in [2.75, 3.05) is 13.2 Å². The summed E-state index contributed by atoms with van der Waals surface area (Å²) >= 11 is 0. The van der Waals surface area contributed by atoms with Gasteiger partial charge >= 0.3 is 17.9 Å². The molecule has 1 unspecified atom stereocenters. The molecule has 1 rings (SSSR count). The molecule has 6 nitrogen and oxygen atoms in total. The first kappa shape index (κ1) is 16.9. The highest BCUT2D eigenvalue weighted by molar-refractivity contribution is 6.00. The molecular weight excluding hydrogens is 276 g/mol. The molecule has 116 valence electrons. The van der Waals surface area contributed by atoms with E-state index in [9.17, 15) is 19.5 Å². The molecule has 0 amide bonds. The lowest BCUT2D eigenvalue weighted by Crippen LogP contribution is -2.23. The lowest BCUT2D eigenvalue weighted by Gasteiger charge is -2.22. The van der Waals surface area contributed by atoms with Gasteiger partial charge in [0.05, 0.1) is 5.57 Å². The number of carboxylic acids is 1. The molecule has 0 bridgehead atoms. The Hall–Kier alpha value is -2.11. The van der Waals surface area contributed by atoms with Gasteiger partial charge in [0.1, 0.15) is 13.2 Å². The van der Waals surface area contributed by atoms with Crippen molar-refractivity contribution in [2.24, 2.45) is 5.92 Å². The van der Waals surface area contributed by atoms with Crippen LogP contribution in [0.4, 0.5) is 0 Å². The molecule has 0 spiro atoms. The van der Waals surface area contributed by atoms with Crippen molar-refractivity contribution >= 4 is 17.9 Å². The minimum atomic E-state index is -1.08. The van der Waals surface area contributed by atoms with Gasteiger partial charge in [-0.25, -0.2) is 14.4 Å². The molecule has 1 aliphatic carbocycles. The van der Waals surface area contributed by atoms with E-state index in [1.807, 2.05) is 0 Å². The van der Waals surface area contributed by atoms with Crippen LogP contribution < -0.4 is 0 Å². The molecular formula is C15H20O6. The number of aliphatic carboxylic acids is 1. The van der Waals surface area contributed by atoms with Crippen molar-refractivity contribution in [3.05, 3.63) is 23.3 Å². The van der Waals surface area contributed by atoms with Crippen LogP contribution in [0.5, 0.6) is 0 Å². The zero-order chi connectivity index (χ0) is 16.0. The SMILES string of the molecule is C=C(C)C(=O)OCCOC(=O)C1=C(C(=O)O)C(C)CCC1. The van der Waals surface area contributed by atoms with Crippen molar-refractivity contribution < 1.29 is 29.0 Å². The summed E-state index contributed by atoms with van der Waals surface area (Å²) in [7, 11) is 0. The van der Waals surface area contributed by atoms with Crippen molar-refractivity contribution in [1.29, 1.82) is 0 Å². The maximum Gasteiger partial charge on any atom is 0.334 e. The van der Waals surface area contributed by atoms with Crippen LogP contribution in [0.1, 0.15) is 33.1 Å². The van der Waals surface area contributed by atoms with Crippen LogP contribution in [0.15, 0.2) is 23.3 Å². The fourth-order valence-electron chi connectivity index (χ4n) is 2.19. The number of carbonyl (C=O) groups excluding carboxylic acids is 2. The van der Waals surface area contributed by atoms with E-state index < -0.39 is 17.9 Å². The molecule has 0 aromatic rings. The van der Waals surface area contributed by atoms with E-state index in [-0.39, 0.29) is 35.9 Å². The first-order valence-corrected chi connectivity index (χ1v) is 6.80. The van der Waals surface area contributed by atoms with E-state index >= 15 is 0 Å². The van der Waals surface area contributed by atoms with Gasteiger partial charge in [-0.1, -0.05) is 13.5 Å². The summed E-state index contributed by atoms with van der Waals surface area (Å²) in [6, 6.07) is 0. The van der Waals surface area contributed by atoms with Crippen LogP contribution in [0.2, 0.25) is 0 Å². The Bertz CT molecular complexity index is 488. The van der Waals surface area contributed by atoms with Gasteiger partial charge in [-0.05, 0) is 32.1 Å². The van der Waals surface area contributed by atoms with E-state index in [0.29, 0.717) is 6.42 Å². The first-order chi connectivity index (χ1) is 9.84. The standard InChI is InChI=1S/C15H20O6/c1-9(2)14(18)20-7-8-21-15(19)11-6-4-5-10(3)12(11)13(16)17/h10H,1,4-8H2,2-3H3,(H,16,17). The average molecular weight is 296 g/mol. The van der Waals surface area contributed by atoms with Crippen LogP contribution >= 0.6 is 0 Å². The van der Waals surface area contributed by atoms with Gasteiger partial charge < -0.3 is 14.6 Å². The zero-order valence-electron chi connectivity index (χ0n) is 12.3. The van der Waals surface area contributed by atoms with Crippen molar-refractivity contribution in [3.63, 3.8) is 0 Å². The first-order valence-electron chi connectivity index (χ1n) is 6.80. The van der Waals surface area contributed by atoms with Gasteiger partial charge in [-0.2, -0.15) is 0 Å². The number of carboxylic acid groups (broad SMARTS) is 1. The van der Waals surface area contributed by atoms with Crippen LogP contribution in [-0.2, 0) is 23.9 Å². The smallest absolute Gasteiger partial charge is 0.334 e. The number of ether oxygens (including phenoxy) is 2. The third-order valence-corrected chi connectivity index (χ3v) is 3.26. The number of esters is 2. The monoisotopic (exact) mass is 296 g/mol. The van der Waals surface area contributed by atoms with Gasteiger partial charge in [0.25, 0.3) is 0 Å². The van der Waals surface area contributed by atoms with Crippen LogP contribution in [0.3, 0.4) is 0 Å². The molecule has 21 heavy (non-hydrogen) atoms. The molecule has 0 aromatic heterocycles. The third-order valence-electron chi connectivity index (χ3n) is 3.26. The predicted octanol–water partition coefficient (Wildman–Crippen LogP) is 1.85. The number of rotatable bonds is 6. The number of hydrogen-bond acceptors (Lipinski definition) is 5. The quantitative estimate of drug-likeness (QED) is 0.457. The second kappa shape index (κ2) is 7.61. The van der Waals surface area contributed by atoms with E-state index in [4.69, 9.17) is 9.47 Å². The number of hydrogen-bond donors (Lipinski definition) is 1. The highest BCUT2D eigenvalue weighted by atomic mass is 16.6. The lowest BCUT2D eigenvalue weighted by atomic mass is 9.84. The largest absolute Gasteiger partial charge is 0.478 e. The second-order valence-electron chi connectivity index (χ2n) is 5.04. The Morgan fingerprint density at radius 1 is 1.29 bits per heavy atom. The molecule has 0 saturated heterocycles. The van der Waals surface area contributed by atoms with Crippen molar-refractivity contribution in [3.8, 4) is 0 Å². The van der Waals surface area contributed by atoms with Gasteiger partial charge in [-0.3, -0.25) is 0 Å². The Morgan fingerprint density at radius 2 is 1.90 bits per heavy atom. The topological polar surface area (TPSA) is 89.9 Å². The maximum atomic E-state index is 11.9. The molecule has 0 radical (unpaired) electrons. The highest BCUT2D eigenvalue weighted by Gasteiger charge is 2.29. The minimum Gasteiger partial charge on any atom is -0.478 e. The predicted molar refractivity (Wildman–Crippen MR) is 74.4 cm³/mol. The Balaban J connectivity index is 2.58. The minimum absolute atomic E-state index is 0.0807. The molecule has 0 saturated carbocycles. The zero-order valence-corrected chi connectivity index (χ0v) is 12.3. The van der Waals surface area contributed by atoms with Crippen molar-refractivity contribution in [2.45, 2.75) is 33.1 Å². The molecule has 1 N–H and O–H groups in total. The molecule has 6 heteroatoms. The molecule has 0 fully saturated rings. The van der Waals surface area contributed by atoms with Crippen LogP contribution in [0, 0.1) is 5.92 Å². The second-order valence-corrected chi connectivity index (χ2v) is 5.04. The average Bonchev–Trinajstić information content (AvgIpc) is 2.42. The summed E-state index contributed by atoms with van der Waals surface area (Å²) in [6.45, 7) is 6.53. The molecule has 1 aliphatic rings. The molecule has 0 heterocycles. The molecule has 0 aliphatic heterocycles. The van der Waals surface area contributed by atoms with E-state index in [2.05, 4.69) is 6.58 Å². The summed E-state index contributed by atoms with van der Waals surface area (Å²) in [5.74, 6) is -2.45. The third kappa shape index (κ3) is 4.73. The highest BCUT2D eigenvalue weighted by Crippen LogP contribution is 2.30.